The van der Waals surface area contributed by atoms with Gasteiger partial charge in [-0.3, -0.25) is 4.98 Å². The number of pyridine rings is 1. The van der Waals surface area contributed by atoms with Crippen molar-refractivity contribution in [1.82, 2.24) is 15.0 Å². The summed E-state index contributed by atoms with van der Waals surface area (Å²) in [6, 6.07) is 4.16. The highest BCUT2D eigenvalue weighted by atomic mass is 35.5. The Morgan fingerprint density at radius 2 is 2.05 bits per heavy atom. The number of halogens is 1. The molecule has 0 aliphatic heterocycles. The molecule has 0 amide bonds. The molecule has 2 heterocycles. The molecule has 1 unspecified atom stereocenters. The standard InChI is InChI=1S/C16H18ClN3/c1-9(2)16-19-13(10(3)15(17)20-16)12-7-6-11-5-4-8-18-14(11)12/h4-5,8-9,12H,6-7H2,1-3H3. The van der Waals surface area contributed by atoms with Crippen LogP contribution in [-0.4, -0.2) is 15.0 Å². The van der Waals surface area contributed by atoms with Crippen LogP contribution in [0.15, 0.2) is 18.3 Å². The van der Waals surface area contributed by atoms with E-state index < -0.39 is 0 Å². The molecule has 4 heteroatoms. The zero-order valence-corrected chi connectivity index (χ0v) is 12.8. The first-order valence-corrected chi connectivity index (χ1v) is 7.43. The van der Waals surface area contributed by atoms with E-state index in [0.29, 0.717) is 5.15 Å². The minimum atomic E-state index is 0.254. The number of hydrogen-bond acceptors (Lipinski definition) is 3. The maximum absolute atomic E-state index is 6.30. The highest BCUT2D eigenvalue weighted by Gasteiger charge is 2.29. The van der Waals surface area contributed by atoms with Crippen molar-refractivity contribution in [1.29, 1.82) is 0 Å². The normalized spacial score (nSPS) is 17.6. The van der Waals surface area contributed by atoms with Crippen LogP contribution in [0.5, 0.6) is 0 Å². The minimum Gasteiger partial charge on any atom is -0.260 e. The highest BCUT2D eigenvalue weighted by molar-refractivity contribution is 6.30. The van der Waals surface area contributed by atoms with Crippen molar-refractivity contribution < 1.29 is 0 Å². The maximum Gasteiger partial charge on any atom is 0.135 e. The Kier molecular flexibility index (Phi) is 3.47. The van der Waals surface area contributed by atoms with Crippen LogP contribution in [0.25, 0.3) is 0 Å². The third-order valence-corrected chi connectivity index (χ3v) is 4.31. The Morgan fingerprint density at radius 3 is 2.80 bits per heavy atom. The van der Waals surface area contributed by atoms with Gasteiger partial charge in [-0.05, 0) is 31.4 Å². The van der Waals surface area contributed by atoms with Crippen molar-refractivity contribution in [2.24, 2.45) is 0 Å². The molecule has 1 atom stereocenters. The van der Waals surface area contributed by atoms with Crippen molar-refractivity contribution in [3.63, 3.8) is 0 Å². The fraction of sp³-hybridized carbons (Fsp3) is 0.438. The summed E-state index contributed by atoms with van der Waals surface area (Å²) >= 11 is 6.30. The van der Waals surface area contributed by atoms with E-state index in [9.17, 15) is 0 Å². The molecule has 20 heavy (non-hydrogen) atoms. The Morgan fingerprint density at radius 1 is 1.25 bits per heavy atom. The molecule has 104 valence electrons. The molecule has 2 aromatic rings. The summed E-state index contributed by atoms with van der Waals surface area (Å²) in [5.74, 6) is 1.35. The van der Waals surface area contributed by atoms with Gasteiger partial charge in [-0.1, -0.05) is 31.5 Å². The molecule has 2 aromatic heterocycles. The molecule has 0 aromatic carbocycles. The number of hydrogen-bond donors (Lipinski definition) is 0. The van der Waals surface area contributed by atoms with Crippen LogP contribution in [0, 0.1) is 6.92 Å². The summed E-state index contributed by atoms with van der Waals surface area (Å²) < 4.78 is 0. The molecule has 1 aliphatic rings. The van der Waals surface area contributed by atoms with Crippen LogP contribution < -0.4 is 0 Å². The second-order valence-corrected chi connectivity index (χ2v) is 6.03. The summed E-state index contributed by atoms with van der Waals surface area (Å²) in [5.41, 5.74) is 4.52. The minimum absolute atomic E-state index is 0.254. The monoisotopic (exact) mass is 287 g/mol. The maximum atomic E-state index is 6.30. The first kappa shape index (κ1) is 13.5. The van der Waals surface area contributed by atoms with E-state index in [4.69, 9.17) is 16.6 Å². The number of nitrogens with zero attached hydrogens (tertiary/aromatic N) is 3. The Balaban J connectivity index is 2.12. The summed E-state index contributed by atoms with van der Waals surface area (Å²) in [6.45, 7) is 6.18. The molecule has 0 saturated carbocycles. The van der Waals surface area contributed by atoms with Crippen molar-refractivity contribution in [3.8, 4) is 0 Å². The molecular weight excluding hydrogens is 270 g/mol. The number of aromatic nitrogens is 3. The van der Waals surface area contributed by atoms with Gasteiger partial charge in [0.1, 0.15) is 11.0 Å². The van der Waals surface area contributed by atoms with E-state index in [-0.39, 0.29) is 11.8 Å². The van der Waals surface area contributed by atoms with Gasteiger partial charge in [-0.2, -0.15) is 0 Å². The summed E-state index contributed by atoms with van der Waals surface area (Å²) in [4.78, 5) is 13.7. The van der Waals surface area contributed by atoms with E-state index in [1.54, 1.807) is 0 Å². The number of fused-ring (bicyclic) bond motifs is 1. The van der Waals surface area contributed by atoms with Crippen molar-refractivity contribution >= 4 is 11.6 Å². The average molecular weight is 288 g/mol. The van der Waals surface area contributed by atoms with E-state index in [2.05, 4.69) is 29.9 Å². The molecule has 0 bridgehead atoms. The van der Waals surface area contributed by atoms with E-state index in [1.807, 2.05) is 19.2 Å². The molecule has 0 fully saturated rings. The van der Waals surface area contributed by atoms with Gasteiger partial charge < -0.3 is 0 Å². The first-order valence-electron chi connectivity index (χ1n) is 7.05. The van der Waals surface area contributed by atoms with Crippen LogP contribution >= 0.6 is 11.6 Å². The molecule has 1 aliphatic carbocycles. The zero-order chi connectivity index (χ0) is 14.3. The predicted molar refractivity (Wildman–Crippen MR) is 80.3 cm³/mol. The van der Waals surface area contributed by atoms with Gasteiger partial charge in [0, 0.05) is 23.6 Å². The van der Waals surface area contributed by atoms with Crippen LogP contribution in [0.4, 0.5) is 0 Å². The lowest BCUT2D eigenvalue weighted by molar-refractivity contribution is 0.696. The summed E-state index contributed by atoms with van der Waals surface area (Å²) in [5, 5.41) is 0.572. The lowest BCUT2D eigenvalue weighted by Gasteiger charge is -2.16. The summed E-state index contributed by atoms with van der Waals surface area (Å²) in [7, 11) is 0. The molecule has 3 nitrogen and oxygen atoms in total. The predicted octanol–water partition coefficient (Wildman–Crippen LogP) is 4.03. The van der Waals surface area contributed by atoms with Gasteiger partial charge >= 0.3 is 0 Å². The van der Waals surface area contributed by atoms with Crippen LogP contribution in [0.2, 0.25) is 5.15 Å². The van der Waals surface area contributed by atoms with Crippen molar-refractivity contribution in [2.45, 2.75) is 45.4 Å². The Hall–Kier alpha value is -1.48. The molecule has 3 rings (SSSR count). The lowest BCUT2D eigenvalue weighted by Crippen LogP contribution is -2.10. The van der Waals surface area contributed by atoms with Crippen molar-refractivity contribution in [3.05, 3.63) is 51.8 Å². The third kappa shape index (κ3) is 2.20. The van der Waals surface area contributed by atoms with Crippen LogP contribution in [0.1, 0.15) is 60.4 Å². The molecule has 0 radical (unpaired) electrons. The first-order chi connectivity index (χ1) is 9.58. The van der Waals surface area contributed by atoms with E-state index >= 15 is 0 Å². The van der Waals surface area contributed by atoms with Crippen LogP contribution in [-0.2, 0) is 6.42 Å². The lowest BCUT2D eigenvalue weighted by atomic mass is 9.98. The average Bonchev–Trinajstić information content (AvgIpc) is 2.85. The highest BCUT2D eigenvalue weighted by Crippen LogP contribution is 2.38. The molecule has 0 N–H and O–H groups in total. The fourth-order valence-corrected chi connectivity index (χ4v) is 2.98. The Bertz CT molecular complexity index is 652. The van der Waals surface area contributed by atoms with Gasteiger partial charge in [0.15, 0.2) is 0 Å². The van der Waals surface area contributed by atoms with Crippen molar-refractivity contribution in [2.75, 3.05) is 0 Å². The second-order valence-electron chi connectivity index (χ2n) is 5.68. The third-order valence-electron chi connectivity index (χ3n) is 3.95. The second kappa shape index (κ2) is 5.13. The van der Waals surface area contributed by atoms with Gasteiger partial charge in [0.2, 0.25) is 0 Å². The Labute approximate surface area is 124 Å². The quantitative estimate of drug-likeness (QED) is 0.783. The van der Waals surface area contributed by atoms with Gasteiger partial charge in [0.25, 0.3) is 0 Å². The largest absolute Gasteiger partial charge is 0.260 e. The van der Waals surface area contributed by atoms with E-state index in [0.717, 1.165) is 35.6 Å². The van der Waals surface area contributed by atoms with Crippen LogP contribution in [0.3, 0.4) is 0 Å². The molecule has 0 saturated heterocycles. The van der Waals surface area contributed by atoms with Gasteiger partial charge in [-0.25, -0.2) is 9.97 Å². The van der Waals surface area contributed by atoms with E-state index in [1.165, 1.54) is 5.56 Å². The topological polar surface area (TPSA) is 38.7 Å². The number of aryl methyl sites for hydroxylation is 1. The SMILES string of the molecule is Cc1c(Cl)nc(C(C)C)nc1C1CCc2cccnc21. The fourth-order valence-electron chi connectivity index (χ4n) is 2.80. The van der Waals surface area contributed by atoms with Gasteiger partial charge in [-0.15, -0.1) is 0 Å². The molecule has 0 spiro atoms. The summed E-state index contributed by atoms with van der Waals surface area (Å²) in [6.07, 6.45) is 3.97. The van der Waals surface area contributed by atoms with Gasteiger partial charge in [0.05, 0.1) is 11.4 Å². The smallest absolute Gasteiger partial charge is 0.135 e. The number of rotatable bonds is 2. The molecular formula is C16H18ClN3. The zero-order valence-electron chi connectivity index (χ0n) is 12.0.